The maximum Gasteiger partial charge on any atom is 0.127 e. The molecule has 1 atom stereocenters. The first-order chi connectivity index (χ1) is 12.2. The van der Waals surface area contributed by atoms with Gasteiger partial charge in [-0.15, -0.1) is 0 Å². The van der Waals surface area contributed by atoms with E-state index in [0.29, 0.717) is 25.3 Å². The second-order valence-electron chi connectivity index (χ2n) is 6.32. The van der Waals surface area contributed by atoms with Crippen molar-refractivity contribution in [3.05, 3.63) is 58.8 Å². The highest BCUT2D eigenvalue weighted by molar-refractivity contribution is 5.44. The molecule has 1 saturated heterocycles. The lowest BCUT2D eigenvalue weighted by Crippen LogP contribution is -2.13. The summed E-state index contributed by atoms with van der Waals surface area (Å²) in [6.45, 7) is 4.65. The number of nitrogens with one attached hydrogen (secondary N) is 1. The SMILES string of the molecule is Cc1cc(C#N)cc(NCc2cccc(COCC3CCCO3)c2)n1. The van der Waals surface area contributed by atoms with Crippen LogP contribution in [0.5, 0.6) is 0 Å². The van der Waals surface area contributed by atoms with Gasteiger partial charge < -0.3 is 14.8 Å². The van der Waals surface area contributed by atoms with Gasteiger partial charge in [0, 0.05) is 18.8 Å². The fraction of sp³-hybridized carbons (Fsp3) is 0.400. The van der Waals surface area contributed by atoms with E-state index in [4.69, 9.17) is 14.7 Å². The van der Waals surface area contributed by atoms with Crippen LogP contribution in [0, 0.1) is 18.3 Å². The van der Waals surface area contributed by atoms with Crippen molar-refractivity contribution in [2.75, 3.05) is 18.5 Å². The molecule has 1 aromatic carbocycles. The molecule has 0 amide bonds. The molecule has 0 saturated carbocycles. The number of aromatic nitrogens is 1. The van der Waals surface area contributed by atoms with E-state index in [1.165, 1.54) is 0 Å². The van der Waals surface area contributed by atoms with Crippen molar-refractivity contribution < 1.29 is 9.47 Å². The quantitative estimate of drug-likeness (QED) is 0.836. The first kappa shape index (κ1) is 17.4. The molecule has 0 aliphatic carbocycles. The highest BCUT2D eigenvalue weighted by Crippen LogP contribution is 2.15. The number of pyridine rings is 1. The molecule has 3 rings (SSSR count). The fourth-order valence-corrected chi connectivity index (χ4v) is 2.93. The Kier molecular flexibility index (Phi) is 5.99. The van der Waals surface area contributed by atoms with E-state index >= 15 is 0 Å². The Morgan fingerprint density at radius 3 is 3.00 bits per heavy atom. The topological polar surface area (TPSA) is 67.2 Å². The summed E-state index contributed by atoms with van der Waals surface area (Å²) in [7, 11) is 0. The summed E-state index contributed by atoms with van der Waals surface area (Å²) in [6, 6.07) is 14.0. The summed E-state index contributed by atoms with van der Waals surface area (Å²) in [5.74, 6) is 0.719. The monoisotopic (exact) mass is 337 g/mol. The smallest absolute Gasteiger partial charge is 0.127 e. The predicted molar refractivity (Wildman–Crippen MR) is 96.1 cm³/mol. The highest BCUT2D eigenvalue weighted by atomic mass is 16.5. The normalized spacial score (nSPS) is 16.6. The van der Waals surface area contributed by atoms with E-state index in [9.17, 15) is 0 Å². The van der Waals surface area contributed by atoms with Gasteiger partial charge in [0.25, 0.3) is 0 Å². The summed E-state index contributed by atoms with van der Waals surface area (Å²) in [4.78, 5) is 4.41. The minimum Gasteiger partial charge on any atom is -0.376 e. The number of rotatable bonds is 7. The van der Waals surface area contributed by atoms with Gasteiger partial charge in [-0.2, -0.15) is 5.26 Å². The second kappa shape index (κ2) is 8.61. The average Bonchev–Trinajstić information content (AvgIpc) is 3.13. The lowest BCUT2D eigenvalue weighted by atomic mass is 10.1. The minimum atomic E-state index is 0.256. The molecule has 0 bridgehead atoms. The largest absolute Gasteiger partial charge is 0.376 e. The molecule has 1 aliphatic rings. The van der Waals surface area contributed by atoms with Crippen molar-refractivity contribution in [2.45, 2.75) is 39.0 Å². The van der Waals surface area contributed by atoms with E-state index in [2.05, 4.69) is 34.6 Å². The summed E-state index contributed by atoms with van der Waals surface area (Å²) in [6.07, 6.45) is 2.49. The van der Waals surface area contributed by atoms with Crippen LogP contribution in [0.25, 0.3) is 0 Å². The zero-order valence-electron chi connectivity index (χ0n) is 14.5. The summed E-state index contributed by atoms with van der Waals surface area (Å²) in [5.41, 5.74) is 3.75. The molecule has 1 aliphatic heterocycles. The molecular weight excluding hydrogens is 314 g/mol. The molecule has 2 aromatic rings. The summed E-state index contributed by atoms with van der Waals surface area (Å²) < 4.78 is 11.3. The zero-order valence-corrected chi connectivity index (χ0v) is 14.5. The van der Waals surface area contributed by atoms with Crippen molar-refractivity contribution in [3.8, 4) is 6.07 Å². The molecule has 5 nitrogen and oxygen atoms in total. The van der Waals surface area contributed by atoms with E-state index in [0.717, 1.165) is 42.1 Å². The van der Waals surface area contributed by atoms with E-state index in [-0.39, 0.29) is 6.10 Å². The molecular formula is C20H23N3O2. The molecule has 0 radical (unpaired) electrons. The van der Waals surface area contributed by atoms with Crippen LogP contribution in [0.15, 0.2) is 36.4 Å². The molecule has 130 valence electrons. The van der Waals surface area contributed by atoms with Crippen LogP contribution in [0.3, 0.4) is 0 Å². The number of ether oxygens (including phenoxy) is 2. The Morgan fingerprint density at radius 1 is 1.32 bits per heavy atom. The van der Waals surface area contributed by atoms with Gasteiger partial charge in [0.2, 0.25) is 0 Å². The van der Waals surface area contributed by atoms with Crippen LogP contribution in [0.1, 0.15) is 35.2 Å². The van der Waals surface area contributed by atoms with Crippen molar-refractivity contribution >= 4 is 5.82 Å². The molecule has 2 heterocycles. The maximum atomic E-state index is 9.04. The van der Waals surface area contributed by atoms with Gasteiger partial charge in [-0.25, -0.2) is 4.98 Å². The van der Waals surface area contributed by atoms with Crippen molar-refractivity contribution in [2.24, 2.45) is 0 Å². The molecule has 25 heavy (non-hydrogen) atoms. The molecule has 1 aromatic heterocycles. The van der Waals surface area contributed by atoms with E-state index in [1.807, 2.05) is 13.0 Å². The Morgan fingerprint density at radius 2 is 2.20 bits per heavy atom. The highest BCUT2D eigenvalue weighted by Gasteiger charge is 2.15. The van der Waals surface area contributed by atoms with Gasteiger partial charge in [0.05, 0.1) is 31.0 Å². The third kappa shape index (κ3) is 5.28. The van der Waals surface area contributed by atoms with Gasteiger partial charge in [0.1, 0.15) is 5.82 Å². The van der Waals surface area contributed by atoms with Gasteiger partial charge in [-0.05, 0) is 43.0 Å². The fourth-order valence-electron chi connectivity index (χ4n) is 2.93. The summed E-state index contributed by atoms with van der Waals surface area (Å²) >= 11 is 0. The number of nitrogens with zero attached hydrogens (tertiary/aromatic N) is 2. The van der Waals surface area contributed by atoms with Crippen LogP contribution in [-0.4, -0.2) is 24.3 Å². The lowest BCUT2D eigenvalue weighted by molar-refractivity contribution is 0.0106. The Hall–Kier alpha value is -2.42. The summed E-state index contributed by atoms with van der Waals surface area (Å²) in [5, 5.41) is 12.3. The Balaban J connectivity index is 1.52. The van der Waals surface area contributed by atoms with Crippen LogP contribution in [-0.2, 0) is 22.6 Å². The van der Waals surface area contributed by atoms with Gasteiger partial charge in [0.15, 0.2) is 0 Å². The Bertz CT molecular complexity index is 749. The molecule has 1 N–H and O–H groups in total. The molecule has 0 spiro atoms. The van der Waals surface area contributed by atoms with Crippen molar-refractivity contribution in [1.29, 1.82) is 5.26 Å². The van der Waals surface area contributed by atoms with Gasteiger partial charge in [-0.3, -0.25) is 0 Å². The third-order valence-electron chi connectivity index (χ3n) is 4.14. The third-order valence-corrected chi connectivity index (χ3v) is 4.14. The molecule has 1 fully saturated rings. The predicted octanol–water partition coefficient (Wildman–Crippen LogP) is 3.57. The molecule has 1 unspecified atom stereocenters. The van der Waals surface area contributed by atoms with Crippen molar-refractivity contribution in [3.63, 3.8) is 0 Å². The maximum absolute atomic E-state index is 9.04. The lowest BCUT2D eigenvalue weighted by Gasteiger charge is -2.11. The van der Waals surface area contributed by atoms with Crippen LogP contribution >= 0.6 is 0 Å². The first-order valence-corrected chi connectivity index (χ1v) is 8.63. The number of hydrogen-bond acceptors (Lipinski definition) is 5. The first-order valence-electron chi connectivity index (χ1n) is 8.63. The number of aryl methyl sites for hydroxylation is 1. The number of nitriles is 1. The standard InChI is InChI=1S/C20H23N3O2/c1-15-8-18(11-21)10-20(23-15)22-12-16-4-2-5-17(9-16)13-24-14-19-6-3-7-25-19/h2,4-5,8-10,19H,3,6-7,12-14H2,1H3,(H,22,23). The van der Waals surface area contributed by atoms with Crippen LogP contribution in [0.4, 0.5) is 5.82 Å². The number of anilines is 1. The van der Waals surface area contributed by atoms with Gasteiger partial charge >= 0.3 is 0 Å². The molecule has 5 heteroatoms. The van der Waals surface area contributed by atoms with Crippen LogP contribution in [0.2, 0.25) is 0 Å². The van der Waals surface area contributed by atoms with Crippen molar-refractivity contribution in [1.82, 2.24) is 4.98 Å². The van der Waals surface area contributed by atoms with Crippen LogP contribution < -0.4 is 5.32 Å². The number of hydrogen-bond donors (Lipinski definition) is 1. The second-order valence-corrected chi connectivity index (χ2v) is 6.32. The average molecular weight is 337 g/mol. The number of benzene rings is 1. The van der Waals surface area contributed by atoms with E-state index < -0.39 is 0 Å². The van der Waals surface area contributed by atoms with Gasteiger partial charge in [-0.1, -0.05) is 24.3 Å². The van der Waals surface area contributed by atoms with E-state index in [1.54, 1.807) is 12.1 Å². The minimum absolute atomic E-state index is 0.256. The zero-order chi connectivity index (χ0) is 17.5. The Labute approximate surface area is 148 Å².